The zero-order chi connectivity index (χ0) is 13.9. The summed E-state index contributed by atoms with van der Waals surface area (Å²) in [6.07, 6.45) is 10.5. The number of nitrogens with zero attached hydrogens (tertiary/aromatic N) is 1. The van der Waals surface area contributed by atoms with Crippen molar-refractivity contribution in [3.05, 3.63) is 0 Å². The van der Waals surface area contributed by atoms with Crippen LogP contribution in [0.3, 0.4) is 0 Å². The molecule has 2 atom stereocenters. The fourth-order valence-electron chi connectivity index (χ4n) is 4.04. The van der Waals surface area contributed by atoms with Crippen LogP contribution in [0.1, 0.15) is 71.6 Å². The summed E-state index contributed by atoms with van der Waals surface area (Å²) in [6, 6.07) is 0.850. The van der Waals surface area contributed by atoms with Crippen molar-refractivity contribution in [3.8, 4) is 0 Å². The van der Waals surface area contributed by atoms with Crippen LogP contribution < -0.4 is 5.32 Å². The van der Waals surface area contributed by atoms with Gasteiger partial charge < -0.3 is 10.2 Å². The smallest absolute Gasteiger partial charge is 0.224 e. The van der Waals surface area contributed by atoms with E-state index >= 15 is 0 Å². The Labute approximate surface area is 118 Å². The van der Waals surface area contributed by atoms with Crippen molar-refractivity contribution < 1.29 is 4.79 Å². The number of hydrogen-bond donors (Lipinski definition) is 1. The van der Waals surface area contributed by atoms with E-state index in [9.17, 15) is 4.79 Å². The average Bonchev–Trinajstić information content (AvgIpc) is 2.39. The van der Waals surface area contributed by atoms with E-state index in [1.807, 2.05) is 7.05 Å². The molecule has 1 saturated heterocycles. The third-order valence-corrected chi connectivity index (χ3v) is 5.31. The number of likely N-dealkylation sites (tertiary alicyclic amines) is 1. The van der Waals surface area contributed by atoms with Gasteiger partial charge in [0, 0.05) is 24.0 Å². The molecular formula is C16H30N2O. The van der Waals surface area contributed by atoms with Crippen molar-refractivity contribution in [2.24, 2.45) is 0 Å². The maximum atomic E-state index is 12.7. The van der Waals surface area contributed by atoms with Crippen molar-refractivity contribution in [1.82, 2.24) is 10.2 Å². The second-order valence-electron chi connectivity index (χ2n) is 6.70. The van der Waals surface area contributed by atoms with E-state index < -0.39 is 0 Å². The third-order valence-electron chi connectivity index (χ3n) is 5.31. The highest BCUT2D eigenvalue weighted by Crippen LogP contribution is 2.33. The van der Waals surface area contributed by atoms with E-state index in [1.54, 1.807) is 0 Å². The first kappa shape index (κ1) is 14.8. The quantitative estimate of drug-likeness (QED) is 0.851. The molecule has 1 heterocycles. The molecule has 3 nitrogen and oxygen atoms in total. The summed E-state index contributed by atoms with van der Waals surface area (Å²) in [4.78, 5) is 14.9. The lowest BCUT2D eigenvalue weighted by Gasteiger charge is -2.43. The number of amides is 1. The van der Waals surface area contributed by atoms with Crippen LogP contribution in [0.15, 0.2) is 0 Å². The predicted octanol–water partition coefficient (Wildman–Crippen LogP) is 3.09. The number of carbonyl (C=O) groups is 1. The van der Waals surface area contributed by atoms with Gasteiger partial charge in [-0.2, -0.15) is 0 Å². The zero-order valence-electron chi connectivity index (χ0n) is 12.9. The SMILES string of the molecule is CNC1(CC(=O)N2C(C)CCCC2C)CCCCC1. The molecular weight excluding hydrogens is 236 g/mol. The Hall–Kier alpha value is -0.570. The molecule has 0 radical (unpaired) electrons. The summed E-state index contributed by atoms with van der Waals surface area (Å²) < 4.78 is 0. The van der Waals surface area contributed by atoms with Gasteiger partial charge in [0.15, 0.2) is 0 Å². The summed E-state index contributed by atoms with van der Waals surface area (Å²) in [6.45, 7) is 4.42. The van der Waals surface area contributed by atoms with Crippen LogP contribution in [-0.2, 0) is 4.79 Å². The minimum Gasteiger partial charge on any atom is -0.337 e. The van der Waals surface area contributed by atoms with Crippen molar-refractivity contribution in [2.45, 2.75) is 89.3 Å². The Bertz CT molecular complexity index is 300. The Morgan fingerprint density at radius 2 is 1.68 bits per heavy atom. The van der Waals surface area contributed by atoms with Crippen LogP contribution in [0.5, 0.6) is 0 Å². The summed E-state index contributed by atoms with van der Waals surface area (Å²) in [5.41, 5.74) is 0.0756. The largest absolute Gasteiger partial charge is 0.337 e. The highest BCUT2D eigenvalue weighted by molar-refractivity contribution is 5.78. The van der Waals surface area contributed by atoms with E-state index in [-0.39, 0.29) is 5.54 Å². The van der Waals surface area contributed by atoms with Crippen molar-refractivity contribution in [3.63, 3.8) is 0 Å². The highest BCUT2D eigenvalue weighted by atomic mass is 16.2. The van der Waals surface area contributed by atoms with Gasteiger partial charge in [-0.3, -0.25) is 4.79 Å². The maximum Gasteiger partial charge on any atom is 0.224 e. The van der Waals surface area contributed by atoms with Gasteiger partial charge in [0.2, 0.25) is 5.91 Å². The van der Waals surface area contributed by atoms with Crippen molar-refractivity contribution in [2.75, 3.05) is 7.05 Å². The van der Waals surface area contributed by atoms with Crippen LogP contribution in [0.4, 0.5) is 0 Å². The molecule has 1 amide bonds. The van der Waals surface area contributed by atoms with Gasteiger partial charge in [-0.1, -0.05) is 19.3 Å². The molecule has 0 spiro atoms. The van der Waals surface area contributed by atoms with E-state index in [1.165, 1.54) is 38.5 Å². The van der Waals surface area contributed by atoms with E-state index in [0.717, 1.165) is 12.8 Å². The van der Waals surface area contributed by atoms with Gasteiger partial charge >= 0.3 is 0 Å². The van der Waals surface area contributed by atoms with Crippen LogP contribution in [0.25, 0.3) is 0 Å². The second-order valence-corrected chi connectivity index (χ2v) is 6.70. The average molecular weight is 266 g/mol. The molecule has 1 aliphatic heterocycles. The first-order valence-corrected chi connectivity index (χ1v) is 8.08. The summed E-state index contributed by atoms with van der Waals surface area (Å²) >= 11 is 0. The van der Waals surface area contributed by atoms with Crippen LogP contribution in [-0.4, -0.2) is 35.5 Å². The lowest BCUT2D eigenvalue weighted by atomic mass is 9.78. The van der Waals surface area contributed by atoms with Gasteiger partial charge in [0.05, 0.1) is 0 Å². The Balaban J connectivity index is 2.02. The van der Waals surface area contributed by atoms with Crippen LogP contribution in [0.2, 0.25) is 0 Å². The normalized spacial score (nSPS) is 31.2. The molecule has 3 heteroatoms. The minimum atomic E-state index is 0.0756. The molecule has 19 heavy (non-hydrogen) atoms. The first-order valence-electron chi connectivity index (χ1n) is 8.08. The lowest BCUT2D eigenvalue weighted by Crippen LogP contribution is -2.53. The molecule has 2 fully saturated rings. The number of rotatable bonds is 3. The summed E-state index contributed by atoms with van der Waals surface area (Å²) in [5.74, 6) is 0.371. The number of carbonyl (C=O) groups excluding carboxylic acids is 1. The van der Waals surface area contributed by atoms with Gasteiger partial charge in [-0.05, 0) is 53.0 Å². The molecule has 2 aliphatic rings. The standard InChI is InChI=1S/C16H30N2O/c1-13-8-7-9-14(2)18(13)15(19)12-16(17-3)10-5-4-6-11-16/h13-14,17H,4-12H2,1-3H3. The topological polar surface area (TPSA) is 32.3 Å². The molecule has 0 aromatic rings. The lowest BCUT2D eigenvalue weighted by molar-refractivity contribution is -0.139. The minimum absolute atomic E-state index is 0.0756. The molecule has 0 aromatic carbocycles. The molecule has 1 N–H and O–H groups in total. The molecule has 1 saturated carbocycles. The Kier molecular flexibility index (Phi) is 4.88. The fraction of sp³-hybridized carbons (Fsp3) is 0.938. The molecule has 2 rings (SSSR count). The monoisotopic (exact) mass is 266 g/mol. The Morgan fingerprint density at radius 1 is 1.11 bits per heavy atom. The first-order chi connectivity index (χ1) is 9.08. The Morgan fingerprint density at radius 3 is 2.21 bits per heavy atom. The van der Waals surface area contributed by atoms with Crippen LogP contribution in [0, 0.1) is 0 Å². The maximum absolute atomic E-state index is 12.7. The summed E-state index contributed by atoms with van der Waals surface area (Å²) in [5, 5.41) is 3.47. The van der Waals surface area contributed by atoms with Gasteiger partial charge in [0.1, 0.15) is 0 Å². The van der Waals surface area contributed by atoms with Crippen LogP contribution >= 0.6 is 0 Å². The van der Waals surface area contributed by atoms with Crippen molar-refractivity contribution in [1.29, 1.82) is 0 Å². The molecule has 0 bridgehead atoms. The molecule has 2 unspecified atom stereocenters. The van der Waals surface area contributed by atoms with Crippen molar-refractivity contribution >= 4 is 5.91 Å². The number of hydrogen-bond acceptors (Lipinski definition) is 2. The van der Waals surface area contributed by atoms with E-state index in [4.69, 9.17) is 0 Å². The van der Waals surface area contributed by atoms with Gasteiger partial charge in [-0.15, -0.1) is 0 Å². The van der Waals surface area contributed by atoms with Gasteiger partial charge in [-0.25, -0.2) is 0 Å². The highest BCUT2D eigenvalue weighted by Gasteiger charge is 2.37. The molecule has 0 aromatic heterocycles. The predicted molar refractivity (Wildman–Crippen MR) is 79.1 cm³/mol. The molecule has 110 valence electrons. The van der Waals surface area contributed by atoms with E-state index in [0.29, 0.717) is 24.4 Å². The third kappa shape index (κ3) is 3.31. The summed E-state index contributed by atoms with van der Waals surface area (Å²) in [7, 11) is 2.03. The fourth-order valence-corrected chi connectivity index (χ4v) is 4.04. The zero-order valence-corrected chi connectivity index (χ0v) is 12.9. The second kappa shape index (κ2) is 6.25. The number of nitrogens with one attached hydrogen (secondary N) is 1. The molecule has 1 aliphatic carbocycles. The van der Waals surface area contributed by atoms with E-state index in [2.05, 4.69) is 24.1 Å². The number of piperidine rings is 1. The van der Waals surface area contributed by atoms with Gasteiger partial charge in [0.25, 0.3) is 0 Å².